The van der Waals surface area contributed by atoms with Gasteiger partial charge in [-0.1, -0.05) is 0 Å². The zero-order valence-electron chi connectivity index (χ0n) is 10.3. The number of nitrogens with zero attached hydrogens (tertiary/aromatic N) is 1. The van der Waals surface area contributed by atoms with Crippen LogP contribution in [-0.4, -0.2) is 61.3 Å². The molecule has 2 atom stereocenters. The van der Waals surface area contributed by atoms with Gasteiger partial charge in [0.1, 0.15) is 0 Å². The van der Waals surface area contributed by atoms with Crippen LogP contribution in [0, 0.1) is 0 Å². The highest BCUT2D eigenvalue weighted by Gasteiger charge is 2.45. The summed E-state index contributed by atoms with van der Waals surface area (Å²) in [5, 5.41) is 3.13. The summed E-state index contributed by atoms with van der Waals surface area (Å²) in [7, 11) is 0. The average molecular weight is 254 g/mol. The largest absolute Gasteiger partial charge is 0.376 e. The first-order valence-corrected chi connectivity index (χ1v) is 6.54. The maximum atomic E-state index is 12.0. The zero-order valence-corrected chi connectivity index (χ0v) is 10.3. The number of ether oxygens (including phenoxy) is 2. The molecule has 18 heavy (non-hydrogen) atoms. The molecule has 0 aromatic heterocycles. The van der Waals surface area contributed by atoms with Crippen LogP contribution in [0.4, 0.5) is 0 Å². The van der Waals surface area contributed by atoms with E-state index in [2.05, 4.69) is 5.32 Å². The highest BCUT2D eigenvalue weighted by molar-refractivity contribution is 6.06. The molecule has 0 aromatic rings. The standard InChI is InChI=1S/C12H18N2O4/c15-11-5-10(12(16)14(11)8-1-2-8)13-6-9-7-17-3-4-18-9/h8-10,13H,1-7H2. The average Bonchev–Trinajstić information content (AvgIpc) is 3.16. The molecule has 2 unspecified atom stereocenters. The summed E-state index contributed by atoms with van der Waals surface area (Å²) in [5.74, 6) is -0.111. The van der Waals surface area contributed by atoms with E-state index in [1.807, 2.05) is 0 Å². The Morgan fingerprint density at radius 2 is 2.11 bits per heavy atom. The normalized spacial score (nSPS) is 33.2. The van der Waals surface area contributed by atoms with E-state index in [4.69, 9.17) is 9.47 Å². The SMILES string of the molecule is O=C1CC(NCC2COCCO2)C(=O)N1C1CC1. The summed E-state index contributed by atoms with van der Waals surface area (Å²) in [5.41, 5.74) is 0. The highest BCUT2D eigenvalue weighted by atomic mass is 16.6. The third-order valence-electron chi connectivity index (χ3n) is 3.57. The quantitative estimate of drug-likeness (QED) is 0.671. The fourth-order valence-electron chi connectivity index (χ4n) is 2.46. The maximum Gasteiger partial charge on any atom is 0.247 e. The molecule has 2 aliphatic heterocycles. The van der Waals surface area contributed by atoms with Crippen LogP contribution in [0.25, 0.3) is 0 Å². The Balaban J connectivity index is 1.50. The number of likely N-dealkylation sites (tertiary alicyclic amines) is 1. The van der Waals surface area contributed by atoms with Crippen molar-refractivity contribution in [1.29, 1.82) is 0 Å². The van der Waals surface area contributed by atoms with Gasteiger partial charge in [-0.05, 0) is 12.8 Å². The van der Waals surface area contributed by atoms with Crippen molar-refractivity contribution in [3.63, 3.8) is 0 Å². The Morgan fingerprint density at radius 3 is 2.78 bits per heavy atom. The van der Waals surface area contributed by atoms with Crippen molar-refractivity contribution < 1.29 is 19.1 Å². The first kappa shape index (κ1) is 12.1. The second kappa shape index (κ2) is 4.95. The van der Waals surface area contributed by atoms with Gasteiger partial charge in [-0.25, -0.2) is 0 Å². The fourth-order valence-corrected chi connectivity index (χ4v) is 2.46. The fraction of sp³-hybridized carbons (Fsp3) is 0.833. The molecule has 0 radical (unpaired) electrons. The molecule has 0 spiro atoms. The predicted molar refractivity (Wildman–Crippen MR) is 61.8 cm³/mol. The van der Waals surface area contributed by atoms with Gasteiger partial charge in [-0.3, -0.25) is 14.5 Å². The topological polar surface area (TPSA) is 67.9 Å². The highest BCUT2D eigenvalue weighted by Crippen LogP contribution is 2.31. The number of amides is 2. The lowest BCUT2D eigenvalue weighted by Gasteiger charge is -2.24. The summed E-state index contributed by atoms with van der Waals surface area (Å²) in [6.45, 7) is 2.33. The second-order valence-corrected chi connectivity index (χ2v) is 5.07. The predicted octanol–water partition coefficient (Wildman–Crippen LogP) is -0.719. The van der Waals surface area contributed by atoms with Gasteiger partial charge < -0.3 is 14.8 Å². The van der Waals surface area contributed by atoms with Crippen molar-refractivity contribution in [2.24, 2.45) is 0 Å². The van der Waals surface area contributed by atoms with E-state index in [1.54, 1.807) is 0 Å². The van der Waals surface area contributed by atoms with Gasteiger partial charge in [-0.2, -0.15) is 0 Å². The number of hydrogen-bond donors (Lipinski definition) is 1. The van der Waals surface area contributed by atoms with Crippen LogP contribution in [0.15, 0.2) is 0 Å². The molecule has 1 saturated carbocycles. The van der Waals surface area contributed by atoms with E-state index in [0.717, 1.165) is 12.8 Å². The third-order valence-corrected chi connectivity index (χ3v) is 3.57. The van der Waals surface area contributed by atoms with Crippen molar-refractivity contribution in [2.75, 3.05) is 26.4 Å². The van der Waals surface area contributed by atoms with Gasteiger partial charge in [0.05, 0.1) is 38.4 Å². The lowest BCUT2D eigenvalue weighted by atomic mass is 10.2. The summed E-state index contributed by atoms with van der Waals surface area (Å²) in [6, 6.07) is -0.199. The lowest BCUT2D eigenvalue weighted by molar-refractivity contribution is -0.139. The molecule has 1 aliphatic carbocycles. The molecule has 100 valence electrons. The Hall–Kier alpha value is -0.980. The number of hydrogen-bond acceptors (Lipinski definition) is 5. The third kappa shape index (κ3) is 2.41. The Morgan fingerprint density at radius 1 is 1.28 bits per heavy atom. The first-order valence-electron chi connectivity index (χ1n) is 6.54. The Labute approximate surface area is 106 Å². The van der Waals surface area contributed by atoms with Crippen LogP contribution in [0.5, 0.6) is 0 Å². The molecule has 3 fully saturated rings. The number of rotatable bonds is 4. The van der Waals surface area contributed by atoms with Crippen molar-refractivity contribution in [2.45, 2.75) is 37.5 Å². The maximum absolute atomic E-state index is 12.0. The molecule has 3 aliphatic rings. The minimum absolute atomic E-state index is 0.0170. The smallest absolute Gasteiger partial charge is 0.247 e. The molecule has 2 amide bonds. The molecule has 0 aromatic carbocycles. The van der Waals surface area contributed by atoms with Crippen molar-refractivity contribution in [3.05, 3.63) is 0 Å². The number of carbonyl (C=O) groups is 2. The number of nitrogens with one attached hydrogen (secondary N) is 1. The lowest BCUT2D eigenvalue weighted by Crippen LogP contribution is -2.45. The van der Waals surface area contributed by atoms with Crippen molar-refractivity contribution >= 4 is 11.8 Å². The van der Waals surface area contributed by atoms with Crippen LogP contribution in [0.2, 0.25) is 0 Å². The van der Waals surface area contributed by atoms with Gasteiger partial charge in [0, 0.05) is 12.6 Å². The minimum atomic E-state index is -0.372. The Bertz CT molecular complexity index is 350. The van der Waals surface area contributed by atoms with Gasteiger partial charge in [-0.15, -0.1) is 0 Å². The summed E-state index contributed by atoms with van der Waals surface area (Å²) < 4.78 is 10.8. The molecule has 6 nitrogen and oxygen atoms in total. The van der Waals surface area contributed by atoms with Crippen LogP contribution >= 0.6 is 0 Å². The van der Waals surface area contributed by atoms with E-state index in [-0.39, 0.29) is 36.4 Å². The van der Waals surface area contributed by atoms with Gasteiger partial charge in [0.25, 0.3) is 0 Å². The molecule has 3 rings (SSSR count). The second-order valence-electron chi connectivity index (χ2n) is 5.07. The Kier molecular flexibility index (Phi) is 3.32. The summed E-state index contributed by atoms with van der Waals surface area (Å²) >= 11 is 0. The molecule has 0 bridgehead atoms. The van der Waals surface area contributed by atoms with E-state index in [9.17, 15) is 9.59 Å². The first-order chi connectivity index (χ1) is 8.75. The van der Waals surface area contributed by atoms with E-state index in [1.165, 1.54) is 4.90 Å². The summed E-state index contributed by atoms with van der Waals surface area (Å²) in [6.07, 6.45) is 2.19. The molecular weight excluding hydrogens is 236 g/mol. The molecule has 6 heteroatoms. The monoisotopic (exact) mass is 254 g/mol. The molecule has 2 saturated heterocycles. The molecular formula is C12H18N2O4. The number of imide groups is 1. The van der Waals surface area contributed by atoms with Gasteiger partial charge in [0.2, 0.25) is 11.8 Å². The van der Waals surface area contributed by atoms with Crippen LogP contribution in [0.1, 0.15) is 19.3 Å². The molecule has 2 heterocycles. The zero-order chi connectivity index (χ0) is 12.5. The van der Waals surface area contributed by atoms with E-state index < -0.39 is 0 Å². The van der Waals surface area contributed by atoms with Gasteiger partial charge in [0.15, 0.2) is 0 Å². The minimum Gasteiger partial charge on any atom is -0.376 e. The number of carbonyl (C=O) groups excluding carboxylic acids is 2. The van der Waals surface area contributed by atoms with Crippen molar-refractivity contribution in [1.82, 2.24) is 10.2 Å². The summed E-state index contributed by atoms with van der Waals surface area (Å²) in [4.78, 5) is 25.2. The molecule has 1 N–H and O–H groups in total. The van der Waals surface area contributed by atoms with Crippen LogP contribution < -0.4 is 5.32 Å². The van der Waals surface area contributed by atoms with Crippen LogP contribution in [0.3, 0.4) is 0 Å². The van der Waals surface area contributed by atoms with E-state index in [0.29, 0.717) is 26.4 Å². The van der Waals surface area contributed by atoms with E-state index >= 15 is 0 Å². The van der Waals surface area contributed by atoms with Crippen molar-refractivity contribution in [3.8, 4) is 0 Å². The van der Waals surface area contributed by atoms with Gasteiger partial charge >= 0.3 is 0 Å². The van der Waals surface area contributed by atoms with Crippen LogP contribution in [-0.2, 0) is 19.1 Å².